The fourth-order valence-corrected chi connectivity index (χ4v) is 10.3. The fraction of sp³-hybridized carbons (Fsp3) is 0. The minimum atomic E-state index is 0.146. The first-order chi connectivity index (χ1) is 31.3. The Hall–Kier alpha value is -7.60. The van der Waals surface area contributed by atoms with E-state index in [1.807, 2.05) is 83.4 Å². The van der Waals surface area contributed by atoms with Gasteiger partial charge in [-0.15, -0.1) is 27.7 Å². The molecule has 0 spiro atoms. The highest BCUT2D eigenvalue weighted by atomic mass is 32.1. The summed E-state index contributed by atoms with van der Waals surface area (Å²) >= 11 is 1.76. The Morgan fingerprint density at radius 3 is 1.72 bits per heavy atom. The van der Waals surface area contributed by atoms with E-state index in [9.17, 15) is 5.26 Å². The average molecular weight is 820 g/mol. The Morgan fingerprint density at radius 2 is 1.00 bits per heavy atom. The Balaban J connectivity index is 1.10. The lowest BCUT2D eigenvalue weighted by Crippen LogP contribution is -2.56. The number of hydrogen-bond acceptors (Lipinski definition) is 5. The summed E-state index contributed by atoms with van der Waals surface area (Å²) in [6.45, 7) is 0. The van der Waals surface area contributed by atoms with Gasteiger partial charge in [0.2, 0.25) is 0 Å². The SMILES string of the molecule is [B]c1c([B])c([B])c(-n2c3ccccc3c3c2ccc2c4ccccc4n(-c4ccc(-c5nc(-c6ccccc6)nc(-c6ccc7sc8ccccc8c7c6)n5)cc4C#N)c23)c([B])c1[B]. The Morgan fingerprint density at radius 1 is 0.438 bits per heavy atom. The third kappa shape index (κ3) is 5.60. The molecule has 64 heavy (non-hydrogen) atoms. The van der Waals surface area contributed by atoms with Gasteiger partial charge in [0.05, 0.1) is 33.3 Å². The molecule has 0 atom stereocenters. The molecule has 0 saturated heterocycles. The van der Waals surface area contributed by atoms with Gasteiger partial charge in [0.25, 0.3) is 0 Å². The van der Waals surface area contributed by atoms with Crippen LogP contribution in [0, 0.1) is 11.3 Å². The summed E-state index contributed by atoms with van der Waals surface area (Å²) in [4.78, 5) is 15.1. The first-order valence-corrected chi connectivity index (χ1v) is 21.4. The minimum Gasteiger partial charge on any atom is -0.310 e. The lowest BCUT2D eigenvalue weighted by atomic mass is 9.61. The number of thiophene rings is 1. The summed E-state index contributed by atoms with van der Waals surface area (Å²) in [7, 11) is 32.6. The Bertz CT molecular complexity index is 3970. The highest BCUT2D eigenvalue weighted by Crippen LogP contribution is 2.43. The molecule has 0 N–H and O–H groups in total. The highest BCUT2D eigenvalue weighted by molar-refractivity contribution is 7.25. The van der Waals surface area contributed by atoms with Crippen LogP contribution < -0.4 is 27.3 Å². The quantitative estimate of drug-likeness (QED) is 0.171. The van der Waals surface area contributed by atoms with E-state index in [2.05, 4.69) is 83.4 Å². The topological polar surface area (TPSA) is 72.3 Å². The molecule has 284 valence electrons. The summed E-state index contributed by atoms with van der Waals surface area (Å²) in [6.07, 6.45) is 0. The number of nitriles is 1. The largest absolute Gasteiger partial charge is 0.310 e. The van der Waals surface area contributed by atoms with Crippen molar-refractivity contribution < 1.29 is 0 Å². The number of aromatic nitrogens is 5. The number of nitrogens with zero attached hydrogens (tertiary/aromatic N) is 6. The van der Waals surface area contributed by atoms with E-state index >= 15 is 0 Å². The van der Waals surface area contributed by atoms with Gasteiger partial charge in [0.15, 0.2) is 17.5 Å². The molecule has 0 bridgehead atoms. The number of fused-ring (bicyclic) bond motifs is 10. The lowest BCUT2D eigenvalue weighted by Gasteiger charge is -2.23. The normalized spacial score (nSPS) is 11.7. The first-order valence-electron chi connectivity index (χ1n) is 20.5. The fourth-order valence-electron chi connectivity index (χ4n) is 9.25. The highest BCUT2D eigenvalue weighted by Gasteiger charge is 2.24. The number of rotatable bonds is 5. The van der Waals surface area contributed by atoms with Crippen molar-refractivity contribution in [2.75, 3.05) is 0 Å². The van der Waals surface area contributed by atoms with Gasteiger partial charge in [-0.2, -0.15) is 5.26 Å². The van der Waals surface area contributed by atoms with Gasteiger partial charge in [0, 0.05) is 64.1 Å². The maximum Gasteiger partial charge on any atom is 0.164 e. The zero-order chi connectivity index (χ0) is 43.4. The molecule has 12 aromatic rings. The molecular formula is C52H25B5N6S. The molecule has 4 aromatic heterocycles. The molecule has 0 amide bonds. The van der Waals surface area contributed by atoms with Crippen molar-refractivity contribution in [2.24, 2.45) is 0 Å². The van der Waals surface area contributed by atoms with Crippen LogP contribution in [0.15, 0.2) is 152 Å². The molecule has 6 nitrogen and oxygen atoms in total. The van der Waals surface area contributed by atoms with Gasteiger partial charge in [-0.3, -0.25) is 0 Å². The third-order valence-electron chi connectivity index (χ3n) is 12.3. The van der Waals surface area contributed by atoms with Crippen molar-refractivity contribution in [1.29, 1.82) is 5.26 Å². The molecule has 10 radical (unpaired) electrons. The standard InChI is InChI=1S/C52H25B5N6S/c53-43-44(54)46(56)49(47(57)45(43)55)63-38-16-8-5-14-34(38)42-39(63)22-20-33-31-12-4-7-15-37(31)62(48(33)42)36-21-18-28(24-30(36)26-58)51-59-50(27-10-2-1-3-11-27)60-52(61-51)29-19-23-41-35(25-29)32-13-6-9-17-40(32)64-41/h1-25H. The van der Waals surface area contributed by atoms with E-state index in [-0.39, 0.29) is 27.3 Å². The van der Waals surface area contributed by atoms with Crippen LogP contribution in [0.25, 0.3) is 109 Å². The van der Waals surface area contributed by atoms with E-state index in [1.165, 1.54) is 14.8 Å². The molecule has 12 heteroatoms. The van der Waals surface area contributed by atoms with Crippen LogP contribution in [-0.2, 0) is 0 Å². The second-order valence-corrected chi connectivity index (χ2v) is 16.9. The molecule has 0 aliphatic carbocycles. The van der Waals surface area contributed by atoms with Crippen LogP contribution >= 0.6 is 11.3 Å². The monoisotopic (exact) mass is 820 g/mol. The Labute approximate surface area is 377 Å². The molecule has 12 rings (SSSR count). The predicted molar refractivity (Wildman–Crippen MR) is 269 cm³/mol. The summed E-state index contributed by atoms with van der Waals surface area (Å²) in [6, 6.07) is 53.4. The van der Waals surface area contributed by atoms with E-state index < -0.39 is 0 Å². The van der Waals surface area contributed by atoms with Crippen LogP contribution in [0.3, 0.4) is 0 Å². The summed E-state index contributed by atoms with van der Waals surface area (Å²) in [5, 5.41) is 17.3. The van der Waals surface area contributed by atoms with Crippen LogP contribution in [0.5, 0.6) is 0 Å². The van der Waals surface area contributed by atoms with Gasteiger partial charge < -0.3 is 9.13 Å². The van der Waals surface area contributed by atoms with Crippen molar-refractivity contribution >= 4 is 142 Å². The molecule has 0 unspecified atom stereocenters. The van der Waals surface area contributed by atoms with Gasteiger partial charge in [-0.05, 0) is 60.7 Å². The van der Waals surface area contributed by atoms with Crippen molar-refractivity contribution in [1.82, 2.24) is 24.1 Å². The van der Waals surface area contributed by atoms with Gasteiger partial charge in [-0.1, -0.05) is 102 Å². The minimum absolute atomic E-state index is 0.146. The molecular weight excluding hydrogens is 795 g/mol. The second-order valence-electron chi connectivity index (χ2n) is 15.8. The summed E-state index contributed by atoms with van der Waals surface area (Å²) in [5.74, 6) is 1.52. The number of hydrogen-bond donors (Lipinski definition) is 0. The molecule has 0 saturated carbocycles. The molecule has 4 heterocycles. The first kappa shape index (κ1) is 38.1. The molecule has 0 fully saturated rings. The predicted octanol–water partition coefficient (Wildman–Crippen LogP) is 7.28. The molecule has 0 aliphatic heterocycles. The number of benzene rings is 8. The van der Waals surface area contributed by atoms with E-state index in [4.69, 9.17) is 54.2 Å². The van der Waals surface area contributed by atoms with Crippen LogP contribution in [0.4, 0.5) is 0 Å². The number of para-hydroxylation sites is 2. The van der Waals surface area contributed by atoms with Crippen LogP contribution in [0.2, 0.25) is 0 Å². The van der Waals surface area contributed by atoms with Gasteiger partial charge in [-0.25, -0.2) is 15.0 Å². The van der Waals surface area contributed by atoms with Gasteiger partial charge >= 0.3 is 0 Å². The smallest absolute Gasteiger partial charge is 0.164 e. The summed E-state index contributed by atoms with van der Waals surface area (Å²) < 4.78 is 6.58. The Kier molecular flexibility index (Phi) is 8.62. The zero-order valence-electron chi connectivity index (χ0n) is 33.9. The van der Waals surface area contributed by atoms with Crippen molar-refractivity contribution in [2.45, 2.75) is 0 Å². The van der Waals surface area contributed by atoms with E-state index in [0.717, 1.165) is 60.1 Å². The zero-order valence-corrected chi connectivity index (χ0v) is 34.7. The lowest BCUT2D eigenvalue weighted by molar-refractivity contribution is 1.07. The van der Waals surface area contributed by atoms with Crippen LogP contribution in [-0.4, -0.2) is 63.3 Å². The maximum absolute atomic E-state index is 11.1. The van der Waals surface area contributed by atoms with Crippen LogP contribution in [0.1, 0.15) is 5.56 Å². The van der Waals surface area contributed by atoms with E-state index in [0.29, 0.717) is 40.0 Å². The van der Waals surface area contributed by atoms with Crippen molar-refractivity contribution in [3.05, 3.63) is 157 Å². The van der Waals surface area contributed by atoms with Crippen molar-refractivity contribution in [3.63, 3.8) is 0 Å². The average Bonchev–Trinajstić information content (AvgIpc) is 4.00. The molecule has 8 aromatic carbocycles. The van der Waals surface area contributed by atoms with Gasteiger partial charge in [0.1, 0.15) is 45.3 Å². The maximum atomic E-state index is 11.1. The third-order valence-corrected chi connectivity index (χ3v) is 13.4. The second kappa shape index (κ2) is 14.5. The summed E-state index contributed by atoms with van der Waals surface area (Å²) in [5.41, 5.74) is 8.39. The van der Waals surface area contributed by atoms with Crippen molar-refractivity contribution in [3.8, 4) is 51.6 Å². The van der Waals surface area contributed by atoms with E-state index in [1.54, 1.807) is 11.3 Å². The molecule has 0 aliphatic rings.